The van der Waals surface area contributed by atoms with E-state index >= 15 is 0 Å². The lowest BCUT2D eigenvalue weighted by atomic mass is 10.0. The van der Waals surface area contributed by atoms with Crippen LogP contribution in [0.5, 0.6) is 21.9 Å². The number of para-hydroxylation sites is 2. The summed E-state index contributed by atoms with van der Waals surface area (Å²) in [4.78, 5) is 26.7. The normalized spacial score (nSPS) is 16.3. The first-order chi connectivity index (χ1) is 26.0. The Morgan fingerprint density at radius 3 is 1.58 bits per heavy atom. The molecule has 0 aliphatic carbocycles. The van der Waals surface area contributed by atoms with Gasteiger partial charge in [0, 0.05) is 32.2 Å². The molecule has 274 valence electrons. The van der Waals surface area contributed by atoms with Crippen LogP contribution in [0.4, 0.5) is 4.79 Å². The molecule has 4 heterocycles. The molecule has 2 aliphatic heterocycles. The zero-order valence-electron chi connectivity index (χ0n) is 29.7. The fraction of sp³-hybridized carbons (Fsp3) is 0.341. The van der Waals surface area contributed by atoms with Gasteiger partial charge in [-0.1, -0.05) is 71.2 Å². The van der Waals surface area contributed by atoms with E-state index in [1.807, 2.05) is 60.7 Å². The summed E-state index contributed by atoms with van der Waals surface area (Å²) in [5, 5.41) is 3.06. The molecule has 53 heavy (non-hydrogen) atoms. The minimum Gasteiger partial charge on any atom is -0.431 e. The van der Waals surface area contributed by atoms with Crippen LogP contribution in [-0.2, 0) is 12.8 Å². The molecule has 0 atom stereocenters. The van der Waals surface area contributed by atoms with Gasteiger partial charge in [0.1, 0.15) is 11.5 Å². The van der Waals surface area contributed by atoms with E-state index in [4.69, 9.17) is 15.2 Å². The predicted molar refractivity (Wildman–Crippen MR) is 213 cm³/mol. The van der Waals surface area contributed by atoms with Crippen LogP contribution in [0.2, 0.25) is 0 Å². The van der Waals surface area contributed by atoms with E-state index in [2.05, 4.69) is 61.6 Å². The number of hydrogen-bond donors (Lipinski definition) is 2. The van der Waals surface area contributed by atoms with Gasteiger partial charge in [0.25, 0.3) is 10.4 Å². The van der Waals surface area contributed by atoms with Gasteiger partial charge >= 0.3 is 6.03 Å². The van der Waals surface area contributed by atoms with Crippen molar-refractivity contribution in [2.45, 2.75) is 50.6 Å². The molecule has 12 heteroatoms. The average Bonchev–Trinajstić information content (AvgIpc) is 3.80. The van der Waals surface area contributed by atoms with Gasteiger partial charge in [-0.05, 0) is 111 Å². The zero-order valence-corrected chi connectivity index (χ0v) is 31.4. The molecule has 6 aromatic rings. The first-order valence-electron chi connectivity index (χ1n) is 18.5. The highest BCUT2D eigenvalue weighted by Gasteiger charge is 2.30. The number of fused-ring (bicyclic) bond motifs is 2. The molecular weight excluding hydrogens is 703 g/mol. The fourth-order valence-electron chi connectivity index (χ4n) is 7.25. The van der Waals surface area contributed by atoms with Crippen LogP contribution in [0.1, 0.15) is 36.8 Å². The molecule has 2 aromatic heterocycles. The highest BCUT2D eigenvalue weighted by Crippen LogP contribution is 2.32. The van der Waals surface area contributed by atoms with Crippen molar-refractivity contribution in [2.75, 3.05) is 39.3 Å². The van der Waals surface area contributed by atoms with Crippen LogP contribution in [0.25, 0.3) is 20.4 Å². The van der Waals surface area contributed by atoms with Crippen LogP contribution in [0, 0.1) is 0 Å². The van der Waals surface area contributed by atoms with Crippen molar-refractivity contribution < 1.29 is 14.3 Å². The van der Waals surface area contributed by atoms with Crippen LogP contribution in [0.3, 0.4) is 0 Å². The SMILES string of the molecule is NC(=O)N(NC1CCN(CCc2ccc(Oc3nc4ccccc4s3)cc2)CC1)C1CCN(CCc2ccc(Oc3nc4ccccc4s3)cc2)CC1. The van der Waals surface area contributed by atoms with Crippen molar-refractivity contribution in [1.29, 1.82) is 0 Å². The van der Waals surface area contributed by atoms with Crippen LogP contribution < -0.4 is 20.6 Å². The summed E-state index contributed by atoms with van der Waals surface area (Å²) in [6.07, 6.45) is 5.75. The monoisotopic (exact) mass is 747 g/mol. The number of carbonyl (C=O) groups excluding carboxylic acids is 1. The maximum Gasteiger partial charge on any atom is 0.329 e. The maximum absolute atomic E-state index is 12.6. The number of thiazole rings is 2. The lowest BCUT2D eigenvalue weighted by Crippen LogP contribution is -2.59. The fourth-order valence-corrected chi connectivity index (χ4v) is 8.92. The van der Waals surface area contributed by atoms with Crippen molar-refractivity contribution in [2.24, 2.45) is 5.73 Å². The highest BCUT2D eigenvalue weighted by molar-refractivity contribution is 7.20. The second-order valence-corrected chi connectivity index (χ2v) is 15.9. The van der Waals surface area contributed by atoms with Crippen LogP contribution >= 0.6 is 22.7 Å². The molecule has 2 fully saturated rings. The summed E-state index contributed by atoms with van der Waals surface area (Å²) in [6.45, 7) is 5.87. The van der Waals surface area contributed by atoms with Gasteiger partial charge in [-0.25, -0.2) is 20.2 Å². The minimum atomic E-state index is -0.380. The number of benzene rings is 4. The Kier molecular flexibility index (Phi) is 11.1. The molecule has 0 radical (unpaired) electrons. The van der Waals surface area contributed by atoms with E-state index in [-0.39, 0.29) is 18.1 Å². The van der Waals surface area contributed by atoms with Crippen molar-refractivity contribution in [3.05, 3.63) is 108 Å². The van der Waals surface area contributed by atoms with E-state index < -0.39 is 0 Å². The second kappa shape index (κ2) is 16.6. The molecule has 0 unspecified atom stereocenters. The van der Waals surface area contributed by atoms with Crippen molar-refractivity contribution in [3.8, 4) is 21.9 Å². The lowest BCUT2D eigenvalue weighted by molar-refractivity contribution is 0.0677. The number of nitrogens with two attached hydrogens (primary N) is 1. The molecule has 0 saturated carbocycles. The van der Waals surface area contributed by atoms with Gasteiger partial charge in [0.15, 0.2) is 0 Å². The third kappa shape index (κ3) is 9.14. The molecule has 2 aliphatic rings. The quantitative estimate of drug-likeness (QED) is 0.114. The molecule has 2 amide bonds. The number of nitrogens with zero attached hydrogens (tertiary/aromatic N) is 5. The number of aromatic nitrogens is 2. The molecule has 2 saturated heterocycles. The van der Waals surface area contributed by atoms with E-state index in [0.717, 1.165) is 110 Å². The third-order valence-corrected chi connectivity index (χ3v) is 12.1. The van der Waals surface area contributed by atoms with Crippen LogP contribution in [0.15, 0.2) is 97.1 Å². The summed E-state index contributed by atoms with van der Waals surface area (Å²) in [7, 11) is 0. The van der Waals surface area contributed by atoms with Gasteiger partial charge in [-0.2, -0.15) is 0 Å². The van der Waals surface area contributed by atoms with Gasteiger partial charge < -0.3 is 25.0 Å². The average molecular weight is 748 g/mol. The molecule has 0 spiro atoms. The molecule has 10 nitrogen and oxygen atoms in total. The number of amides is 2. The van der Waals surface area contributed by atoms with Gasteiger partial charge in [-0.15, -0.1) is 0 Å². The Morgan fingerprint density at radius 2 is 1.13 bits per heavy atom. The van der Waals surface area contributed by atoms with E-state index in [9.17, 15) is 4.79 Å². The topological polar surface area (TPSA) is 109 Å². The molecule has 0 bridgehead atoms. The Bertz CT molecular complexity index is 2040. The number of likely N-dealkylation sites (tertiary alicyclic amines) is 2. The molecule has 8 rings (SSSR count). The number of rotatable bonds is 13. The Morgan fingerprint density at radius 1 is 0.679 bits per heavy atom. The number of piperidine rings is 2. The van der Waals surface area contributed by atoms with E-state index in [0.29, 0.717) is 10.4 Å². The van der Waals surface area contributed by atoms with Gasteiger partial charge in [0.2, 0.25) is 0 Å². The second-order valence-electron chi connectivity index (χ2n) is 13.9. The Labute approximate surface area is 318 Å². The Hall–Kier alpha value is -4.59. The highest BCUT2D eigenvalue weighted by atomic mass is 32.1. The summed E-state index contributed by atoms with van der Waals surface area (Å²) in [5.41, 5.74) is 13.9. The number of urea groups is 1. The number of hydrogen-bond acceptors (Lipinski definition) is 10. The number of carbonyl (C=O) groups is 1. The van der Waals surface area contributed by atoms with E-state index in [1.54, 1.807) is 27.7 Å². The summed E-state index contributed by atoms with van der Waals surface area (Å²) < 4.78 is 14.3. The minimum absolute atomic E-state index is 0.113. The number of nitrogens with one attached hydrogen (secondary N) is 1. The first kappa shape index (κ1) is 35.4. The largest absolute Gasteiger partial charge is 0.431 e. The van der Waals surface area contributed by atoms with Gasteiger partial charge in [-0.3, -0.25) is 5.01 Å². The van der Waals surface area contributed by atoms with Crippen molar-refractivity contribution in [1.82, 2.24) is 30.2 Å². The number of ether oxygens (including phenoxy) is 2. The molecule has 4 aromatic carbocycles. The van der Waals surface area contributed by atoms with Crippen LogP contribution in [-0.4, -0.2) is 82.2 Å². The van der Waals surface area contributed by atoms with Gasteiger partial charge in [0.05, 0.1) is 26.5 Å². The summed E-state index contributed by atoms with van der Waals surface area (Å²) in [5.74, 6) is 1.60. The first-order valence-corrected chi connectivity index (χ1v) is 20.2. The Balaban J connectivity index is 0.732. The van der Waals surface area contributed by atoms with E-state index in [1.165, 1.54) is 11.1 Å². The van der Waals surface area contributed by atoms with Crippen molar-refractivity contribution >= 4 is 49.1 Å². The third-order valence-electron chi connectivity index (χ3n) is 10.3. The summed E-state index contributed by atoms with van der Waals surface area (Å²) in [6, 6.07) is 32.8. The van der Waals surface area contributed by atoms with Crippen molar-refractivity contribution in [3.63, 3.8) is 0 Å². The predicted octanol–water partition coefficient (Wildman–Crippen LogP) is 8.09. The maximum atomic E-state index is 12.6. The standard InChI is InChI=1S/C41H45N7O3S2/c42-39(49)48(32-21-27-47(28-22-32)24-18-30-11-15-34(16-12-30)51-41-44-36-6-2-4-8-38(36)53-41)45-31-19-25-46(26-20-31)23-17-29-9-13-33(14-10-29)50-40-43-35-5-1-3-7-37(35)52-40/h1-16,31-32,45H,17-28H2,(H2,42,49). The smallest absolute Gasteiger partial charge is 0.329 e. The molecule has 3 N–H and O–H groups in total. The number of primary amides is 1. The zero-order chi connectivity index (χ0) is 36.0. The number of hydrazine groups is 1. The molecular formula is C41H45N7O3S2. The summed E-state index contributed by atoms with van der Waals surface area (Å²) >= 11 is 3.12. The lowest BCUT2D eigenvalue weighted by Gasteiger charge is -2.41.